The Balaban J connectivity index is 0.00000196. The second kappa shape index (κ2) is 11.8. The minimum atomic E-state index is -4.61. The number of para-hydroxylation sites is 1. The number of carbonyl (C=O) groups excluding carboxylic acids is 3. The van der Waals surface area contributed by atoms with E-state index >= 15 is 4.39 Å². The number of benzene rings is 3. The topological polar surface area (TPSA) is 115 Å². The van der Waals surface area contributed by atoms with Crippen LogP contribution in [-0.4, -0.2) is 29.5 Å². The van der Waals surface area contributed by atoms with Gasteiger partial charge in [0.25, 0.3) is 11.8 Å². The monoisotopic (exact) mass is 622 g/mol. The van der Waals surface area contributed by atoms with Gasteiger partial charge in [0.1, 0.15) is 12.1 Å². The van der Waals surface area contributed by atoms with Crippen LogP contribution in [0.15, 0.2) is 71.5 Å². The average Bonchev–Trinajstić information content (AvgIpc) is 3.65. The second-order valence-electron chi connectivity index (χ2n) is 9.68. The van der Waals surface area contributed by atoms with E-state index in [1.54, 1.807) is 36.0 Å². The molecule has 0 saturated heterocycles. The summed E-state index contributed by atoms with van der Waals surface area (Å²) in [6, 6.07) is 10.5. The molecule has 3 heterocycles. The SMILES string of the molecule is CC.COc1cccc2c(C3=C(c4cn(C)c5cc(NC(=O)Nc6cccc(C(F)(F)F)c6)c(F)cc45)C(=O)NC3=O)coc12. The summed E-state index contributed by atoms with van der Waals surface area (Å²) in [6.07, 6.45) is -1.71. The Hall–Kier alpha value is -5.59. The number of rotatable bonds is 5. The van der Waals surface area contributed by atoms with Crippen molar-refractivity contribution in [3.8, 4) is 5.75 Å². The lowest BCUT2D eigenvalue weighted by molar-refractivity contribution is -0.137. The van der Waals surface area contributed by atoms with Crippen LogP contribution >= 0.6 is 0 Å². The van der Waals surface area contributed by atoms with Crippen LogP contribution in [0.1, 0.15) is 30.5 Å². The number of furan rings is 1. The first-order valence-corrected chi connectivity index (χ1v) is 13.6. The molecule has 2 aromatic heterocycles. The highest BCUT2D eigenvalue weighted by atomic mass is 19.4. The normalized spacial score (nSPS) is 13.2. The second-order valence-corrected chi connectivity index (χ2v) is 9.68. The van der Waals surface area contributed by atoms with E-state index in [9.17, 15) is 27.6 Å². The molecule has 0 bridgehead atoms. The number of nitrogens with one attached hydrogen (secondary N) is 3. The number of hydrogen-bond donors (Lipinski definition) is 3. The van der Waals surface area contributed by atoms with Crippen molar-refractivity contribution in [1.29, 1.82) is 0 Å². The fraction of sp³-hybridized carbons (Fsp3) is 0.156. The molecule has 1 aliphatic rings. The summed E-state index contributed by atoms with van der Waals surface area (Å²) in [6.45, 7) is 4.00. The van der Waals surface area contributed by atoms with Crippen molar-refractivity contribution in [2.24, 2.45) is 7.05 Å². The van der Waals surface area contributed by atoms with E-state index in [-0.39, 0.29) is 33.5 Å². The predicted molar refractivity (Wildman–Crippen MR) is 161 cm³/mol. The molecule has 6 rings (SSSR count). The molecule has 0 unspecified atom stereocenters. The lowest BCUT2D eigenvalue weighted by Crippen LogP contribution is -2.22. The Morgan fingerprint density at radius 3 is 2.31 bits per heavy atom. The summed E-state index contributed by atoms with van der Waals surface area (Å²) >= 11 is 0. The van der Waals surface area contributed by atoms with Gasteiger partial charge in [0.05, 0.1) is 35.0 Å². The fourth-order valence-corrected chi connectivity index (χ4v) is 5.11. The van der Waals surface area contributed by atoms with Crippen LogP contribution in [0.2, 0.25) is 0 Å². The Labute approximate surface area is 253 Å². The highest BCUT2D eigenvalue weighted by Crippen LogP contribution is 2.41. The molecule has 5 aromatic rings. The molecule has 0 saturated carbocycles. The smallest absolute Gasteiger partial charge is 0.416 e. The van der Waals surface area contributed by atoms with Gasteiger partial charge in [0, 0.05) is 40.8 Å². The summed E-state index contributed by atoms with van der Waals surface area (Å²) in [4.78, 5) is 38.6. The van der Waals surface area contributed by atoms with Crippen LogP contribution in [-0.2, 0) is 22.8 Å². The number of aryl methyl sites for hydroxylation is 1. The van der Waals surface area contributed by atoms with Gasteiger partial charge in [0.2, 0.25) is 0 Å². The van der Waals surface area contributed by atoms with Crippen LogP contribution in [0.5, 0.6) is 5.75 Å². The van der Waals surface area contributed by atoms with Crippen molar-refractivity contribution >= 4 is 62.2 Å². The summed E-state index contributed by atoms with van der Waals surface area (Å²) in [7, 11) is 3.10. The van der Waals surface area contributed by atoms with Crippen LogP contribution in [0.3, 0.4) is 0 Å². The van der Waals surface area contributed by atoms with Gasteiger partial charge in [-0.2, -0.15) is 13.2 Å². The van der Waals surface area contributed by atoms with Crippen LogP contribution in [0.25, 0.3) is 33.0 Å². The maximum Gasteiger partial charge on any atom is 0.416 e. The van der Waals surface area contributed by atoms with Gasteiger partial charge >= 0.3 is 12.2 Å². The van der Waals surface area contributed by atoms with Gasteiger partial charge < -0.3 is 24.4 Å². The molecule has 4 amide bonds. The number of amides is 4. The van der Waals surface area contributed by atoms with Gasteiger partial charge in [-0.05, 0) is 36.4 Å². The molecule has 3 aromatic carbocycles. The third-order valence-electron chi connectivity index (χ3n) is 7.03. The Morgan fingerprint density at radius 2 is 1.62 bits per heavy atom. The molecule has 3 N–H and O–H groups in total. The molecule has 9 nitrogen and oxygen atoms in total. The number of alkyl halides is 3. The average molecular weight is 623 g/mol. The fourth-order valence-electron chi connectivity index (χ4n) is 5.11. The number of hydrogen-bond acceptors (Lipinski definition) is 5. The summed E-state index contributed by atoms with van der Waals surface area (Å²) in [5, 5.41) is 7.66. The lowest BCUT2D eigenvalue weighted by atomic mass is 9.95. The lowest BCUT2D eigenvalue weighted by Gasteiger charge is -2.12. The van der Waals surface area contributed by atoms with Crippen LogP contribution < -0.4 is 20.7 Å². The zero-order valence-electron chi connectivity index (χ0n) is 24.4. The number of ether oxygens (including phenoxy) is 1. The van der Waals surface area contributed by atoms with Gasteiger partial charge in [-0.3, -0.25) is 14.9 Å². The summed E-state index contributed by atoms with van der Waals surface area (Å²) < 4.78 is 67.0. The quantitative estimate of drug-likeness (QED) is 0.140. The highest BCUT2D eigenvalue weighted by molar-refractivity contribution is 6.50. The molecule has 0 spiro atoms. The third-order valence-corrected chi connectivity index (χ3v) is 7.03. The van der Waals surface area contributed by atoms with Crippen molar-refractivity contribution in [2.75, 3.05) is 17.7 Å². The number of nitrogens with zero attached hydrogens (tertiary/aromatic N) is 1. The van der Waals surface area contributed by atoms with Crippen molar-refractivity contribution in [3.05, 3.63) is 89.6 Å². The molecule has 0 atom stereocenters. The molecule has 0 radical (unpaired) electrons. The summed E-state index contributed by atoms with van der Waals surface area (Å²) in [5.41, 5.74) is 0.0392. The number of methoxy groups -OCH3 is 1. The van der Waals surface area contributed by atoms with Crippen molar-refractivity contribution in [3.63, 3.8) is 0 Å². The first-order chi connectivity index (χ1) is 21.5. The zero-order valence-corrected chi connectivity index (χ0v) is 24.4. The van der Waals surface area contributed by atoms with E-state index in [2.05, 4.69) is 16.0 Å². The van der Waals surface area contributed by atoms with E-state index in [4.69, 9.17) is 9.15 Å². The standard InChI is InChI=1S/C30H20F4N4O5.C2H6/c1-38-12-18(24-25(28(40)37-27(24)39)19-13-43-26-16(19)7-4-8-23(26)42-2)17-10-20(31)21(11-22(17)38)36-29(41)35-15-6-3-5-14(9-15)30(32,33)34;1-2/h3-13H,1-2H3,(H2,35,36,41)(H,37,39,40);1-2H3. The van der Waals surface area contributed by atoms with Gasteiger partial charge in [-0.25, -0.2) is 9.18 Å². The maximum atomic E-state index is 15.3. The molecule has 45 heavy (non-hydrogen) atoms. The van der Waals surface area contributed by atoms with Crippen LogP contribution in [0.4, 0.5) is 33.7 Å². The van der Waals surface area contributed by atoms with E-state index < -0.39 is 35.4 Å². The van der Waals surface area contributed by atoms with E-state index in [0.717, 1.165) is 24.3 Å². The van der Waals surface area contributed by atoms with Gasteiger partial charge in [-0.1, -0.05) is 32.0 Å². The van der Waals surface area contributed by atoms with Gasteiger partial charge in [0.15, 0.2) is 11.3 Å². The maximum absolute atomic E-state index is 15.3. The minimum Gasteiger partial charge on any atom is -0.493 e. The largest absolute Gasteiger partial charge is 0.493 e. The first-order valence-electron chi connectivity index (χ1n) is 13.6. The molecule has 0 fully saturated rings. The van der Waals surface area contributed by atoms with E-state index in [1.807, 2.05) is 13.8 Å². The molecule has 13 heteroatoms. The van der Waals surface area contributed by atoms with Crippen LogP contribution in [0, 0.1) is 5.82 Å². The van der Waals surface area contributed by atoms with Crippen molar-refractivity contribution in [2.45, 2.75) is 20.0 Å². The van der Waals surface area contributed by atoms with Gasteiger partial charge in [-0.15, -0.1) is 0 Å². The molecular formula is C32H26F4N4O5. The predicted octanol–water partition coefficient (Wildman–Crippen LogP) is 7.33. The number of carbonyl (C=O) groups is 3. The number of halogens is 4. The number of fused-ring (bicyclic) bond motifs is 2. The molecule has 0 aliphatic carbocycles. The Bertz CT molecular complexity index is 2020. The Morgan fingerprint density at radius 1 is 0.933 bits per heavy atom. The first kappa shape index (κ1) is 30.9. The van der Waals surface area contributed by atoms with E-state index in [0.29, 0.717) is 27.8 Å². The molecule has 232 valence electrons. The van der Waals surface area contributed by atoms with Crippen molar-refractivity contribution in [1.82, 2.24) is 9.88 Å². The number of anilines is 2. The minimum absolute atomic E-state index is 0.00326. The third kappa shape index (κ3) is 5.59. The number of aromatic nitrogens is 1. The molecule has 1 aliphatic heterocycles. The molecular weight excluding hydrogens is 596 g/mol. The Kier molecular flexibility index (Phi) is 8.11. The summed E-state index contributed by atoms with van der Waals surface area (Å²) in [5.74, 6) is -1.80. The van der Waals surface area contributed by atoms with Crippen molar-refractivity contribution < 1.29 is 41.1 Å². The number of imide groups is 1. The zero-order chi connectivity index (χ0) is 32.6. The number of urea groups is 1. The van der Waals surface area contributed by atoms with E-state index in [1.165, 1.54) is 25.5 Å². The highest BCUT2D eigenvalue weighted by Gasteiger charge is 2.36.